The first-order valence-corrected chi connectivity index (χ1v) is 5.97. The molecule has 2 atom stereocenters. The van der Waals surface area contributed by atoms with E-state index in [1.54, 1.807) is 12.1 Å². The first-order valence-electron chi connectivity index (χ1n) is 5.59. The summed E-state index contributed by atoms with van der Waals surface area (Å²) in [5.41, 5.74) is 6.86. The number of nitrogens with two attached hydrogens (primary N) is 1. The summed E-state index contributed by atoms with van der Waals surface area (Å²) in [7, 11) is 0. The number of ketones is 1. The summed E-state index contributed by atoms with van der Waals surface area (Å²) in [4.78, 5) is 12.4. The molecule has 1 aromatic rings. The van der Waals surface area contributed by atoms with Gasteiger partial charge in [-0.15, -0.1) is 0 Å². The average molecular weight is 254 g/mol. The van der Waals surface area contributed by atoms with E-state index in [2.05, 4.69) is 0 Å². The van der Waals surface area contributed by atoms with Crippen LogP contribution in [0.4, 0.5) is 0 Å². The van der Waals surface area contributed by atoms with Gasteiger partial charge >= 0.3 is 0 Å². The Labute approximate surface area is 106 Å². The molecule has 1 fully saturated rings. The molecule has 2 N–H and O–H groups in total. The van der Waals surface area contributed by atoms with Gasteiger partial charge in [0.25, 0.3) is 0 Å². The topological polar surface area (TPSA) is 52.3 Å². The lowest BCUT2D eigenvalue weighted by Crippen LogP contribution is -2.44. The van der Waals surface area contributed by atoms with E-state index in [1.165, 1.54) is 0 Å². The molecule has 1 aromatic carbocycles. The fourth-order valence-electron chi connectivity index (χ4n) is 1.99. The van der Waals surface area contributed by atoms with Gasteiger partial charge in [0.05, 0.1) is 18.6 Å². The highest BCUT2D eigenvalue weighted by Crippen LogP contribution is 2.32. The molecule has 3 nitrogen and oxygen atoms in total. The third kappa shape index (κ3) is 2.10. The molecule has 1 aliphatic heterocycles. The second-order valence-electron chi connectivity index (χ2n) is 4.83. The maximum absolute atomic E-state index is 12.4. The van der Waals surface area contributed by atoms with E-state index in [0.717, 1.165) is 5.56 Å². The Morgan fingerprint density at radius 1 is 1.59 bits per heavy atom. The molecule has 0 spiro atoms. The number of hydrogen-bond acceptors (Lipinski definition) is 3. The van der Waals surface area contributed by atoms with Crippen molar-refractivity contribution in [2.24, 2.45) is 11.1 Å². The Bertz CT molecular complexity index is 461. The standard InChI is InChI=1S/C13H16ClNO2/c1-8-3-4-9(5-10(8)14)12(16)13(2)7-17-6-11(13)15/h3-5,11H,6-7,15H2,1-2H3. The number of carbonyl (C=O) groups is 1. The van der Waals surface area contributed by atoms with E-state index < -0.39 is 5.41 Å². The van der Waals surface area contributed by atoms with Crippen LogP contribution in [0.3, 0.4) is 0 Å². The summed E-state index contributed by atoms with van der Waals surface area (Å²) in [6, 6.07) is 5.09. The molecular formula is C13H16ClNO2. The quantitative estimate of drug-likeness (QED) is 0.822. The van der Waals surface area contributed by atoms with Crippen LogP contribution in [0.15, 0.2) is 18.2 Å². The highest BCUT2D eigenvalue weighted by Gasteiger charge is 2.44. The number of ether oxygens (including phenoxy) is 1. The number of hydrogen-bond donors (Lipinski definition) is 1. The zero-order valence-electron chi connectivity index (χ0n) is 10.00. The predicted octanol–water partition coefficient (Wildman–Crippen LogP) is 2.19. The number of aryl methyl sites for hydroxylation is 1. The summed E-state index contributed by atoms with van der Waals surface area (Å²) in [5.74, 6) is 0.00407. The smallest absolute Gasteiger partial charge is 0.172 e. The molecule has 2 unspecified atom stereocenters. The van der Waals surface area contributed by atoms with Gasteiger partial charge in [0.2, 0.25) is 0 Å². The molecule has 92 valence electrons. The van der Waals surface area contributed by atoms with Crippen molar-refractivity contribution < 1.29 is 9.53 Å². The Hall–Kier alpha value is -0.900. The summed E-state index contributed by atoms with van der Waals surface area (Å²) >= 11 is 6.03. The first-order chi connectivity index (χ1) is 7.95. The van der Waals surface area contributed by atoms with E-state index in [0.29, 0.717) is 23.8 Å². The molecule has 1 heterocycles. The molecule has 0 aliphatic carbocycles. The Morgan fingerprint density at radius 3 is 2.82 bits per heavy atom. The lowest BCUT2D eigenvalue weighted by atomic mass is 9.78. The number of benzene rings is 1. The van der Waals surface area contributed by atoms with Crippen LogP contribution in [0.2, 0.25) is 5.02 Å². The van der Waals surface area contributed by atoms with Gasteiger partial charge in [0.15, 0.2) is 5.78 Å². The van der Waals surface area contributed by atoms with Crippen LogP contribution in [-0.4, -0.2) is 25.0 Å². The molecule has 1 aliphatic rings. The fourth-order valence-corrected chi connectivity index (χ4v) is 2.17. The van der Waals surface area contributed by atoms with Crippen molar-refractivity contribution >= 4 is 17.4 Å². The highest BCUT2D eigenvalue weighted by atomic mass is 35.5. The molecule has 0 saturated carbocycles. The van der Waals surface area contributed by atoms with Crippen molar-refractivity contribution in [3.63, 3.8) is 0 Å². The zero-order valence-corrected chi connectivity index (χ0v) is 10.8. The van der Waals surface area contributed by atoms with Crippen LogP contribution >= 0.6 is 11.6 Å². The molecule has 0 aromatic heterocycles. The fraction of sp³-hybridized carbons (Fsp3) is 0.462. The lowest BCUT2D eigenvalue weighted by Gasteiger charge is -2.25. The molecule has 2 rings (SSSR count). The molecule has 17 heavy (non-hydrogen) atoms. The van der Waals surface area contributed by atoms with Crippen LogP contribution in [-0.2, 0) is 4.74 Å². The Balaban J connectivity index is 2.34. The van der Waals surface area contributed by atoms with Crippen molar-refractivity contribution in [1.29, 1.82) is 0 Å². The summed E-state index contributed by atoms with van der Waals surface area (Å²) in [5, 5.41) is 0.604. The van der Waals surface area contributed by atoms with Gasteiger partial charge in [-0.2, -0.15) is 0 Å². The Kier molecular flexibility index (Phi) is 3.25. The average Bonchev–Trinajstić information content (AvgIpc) is 2.63. The SMILES string of the molecule is Cc1ccc(C(=O)C2(C)COCC2N)cc1Cl. The second kappa shape index (κ2) is 4.41. The molecule has 4 heteroatoms. The van der Waals surface area contributed by atoms with Crippen LogP contribution in [0.5, 0.6) is 0 Å². The second-order valence-corrected chi connectivity index (χ2v) is 5.24. The number of Topliss-reactive ketones (excluding diaryl/α,β-unsaturated/α-hetero) is 1. The van der Waals surface area contributed by atoms with Crippen molar-refractivity contribution in [2.45, 2.75) is 19.9 Å². The lowest BCUT2D eigenvalue weighted by molar-refractivity contribution is 0.0768. The van der Waals surface area contributed by atoms with Gasteiger partial charge in [-0.3, -0.25) is 4.79 Å². The molecule has 0 bridgehead atoms. The van der Waals surface area contributed by atoms with Crippen LogP contribution in [0, 0.1) is 12.3 Å². The van der Waals surface area contributed by atoms with Gasteiger partial charge in [0, 0.05) is 16.6 Å². The van der Waals surface area contributed by atoms with Gasteiger partial charge in [-0.25, -0.2) is 0 Å². The van der Waals surface area contributed by atoms with E-state index in [9.17, 15) is 4.79 Å². The third-order valence-corrected chi connectivity index (χ3v) is 3.88. The van der Waals surface area contributed by atoms with Crippen LogP contribution < -0.4 is 5.73 Å². The minimum absolute atomic E-state index is 0.00407. The van der Waals surface area contributed by atoms with E-state index in [1.807, 2.05) is 19.9 Å². The van der Waals surface area contributed by atoms with Crippen molar-refractivity contribution in [1.82, 2.24) is 0 Å². The Morgan fingerprint density at radius 2 is 2.29 bits per heavy atom. The predicted molar refractivity (Wildman–Crippen MR) is 67.4 cm³/mol. The number of halogens is 1. The van der Waals surface area contributed by atoms with E-state index >= 15 is 0 Å². The maximum Gasteiger partial charge on any atom is 0.172 e. The summed E-state index contributed by atoms with van der Waals surface area (Å²) in [6.07, 6.45) is 0. The molecule has 0 amide bonds. The van der Waals surface area contributed by atoms with Crippen molar-refractivity contribution in [3.05, 3.63) is 34.3 Å². The van der Waals surface area contributed by atoms with Crippen molar-refractivity contribution in [3.8, 4) is 0 Å². The van der Waals surface area contributed by atoms with E-state index in [-0.39, 0.29) is 11.8 Å². The minimum Gasteiger partial charge on any atom is -0.379 e. The third-order valence-electron chi connectivity index (χ3n) is 3.47. The monoisotopic (exact) mass is 253 g/mol. The summed E-state index contributed by atoms with van der Waals surface area (Å²) < 4.78 is 5.29. The maximum atomic E-state index is 12.4. The van der Waals surface area contributed by atoms with Crippen molar-refractivity contribution in [2.75, 3.05) is 13.2 Å². The van der Waals surface area contributed by atoms with Gasteiger partial charge in [-0.05, 0) is 25.5 Å². The molecular weight excluding hydrogens is 238 g/mol. The number of rotatable bonds is 2. The van der Waals surface area contributed by atoms with Gasteiger partial charge < -0.3 is 10.5 Å². The normalized spacial score (nSPS) is 28.4. The van der Waals surface area contributed by atoms with Crippen LogP contribution in [0.25, 0.3) is 0 Å². The molecule has 0 radical (unpaired) electrons. The van der Waals surface area contributed by atoms with Gasteiger partial charge in [0.1, 0.15) is 0 Å². The van der Waals surface area contributed by atoms with E-state index in [4.69, 9.17) is 22.1 Å². The largest absolute Gasteiger partial charge is 0.379 e. The molecule has 1 saturated heterocycles. The summed E-state index contributed by atoms with van der Waals surface area (Å²) in [6.45, 7) is 4.56. The highest BCUT2D eigenvalue weighted by molar-refractivity contribution is 6.31. The minimum atomic E-state index is -0.640. The number of carbonyl (C=O) groups excluding carboxylic acids is 1. The zero-order chi connectivity index (χ0) is 12.6. The van der Waals surface area contributed by atoms with Crippen LogP contribution in [0.1, 0.15) is 22.8 Å². The van der Waals surface area contributed by atoms with Gasteiger partial charge in [-0.1, -0.05) is 23.7 Å². The first kappa shape index (κ1) is 12.6.